The average molecular weight is 438 g/mol. The van der Waals surface area contributed by atoms with E-state index >= 15 is 0 Å². The summed E-state index contributed by atoms with van der Waals surface area (Å²) in [5.41, 5.74) is 3.52. The van der Waals surface area contributed by atoms with Crippen LogP contribution in [0.2, 0.25) is 0 Å². The number of benzene rings is 1. The van der Waals surface area contributed by atoms with E-state index in [0.717, 1.165) is 41.0 Å². The molecule has 1 aromatic carbocycles. The second-order valence-electron chi connectivity index (χ2n) is 6.00. The van der Waals surface area contributed by atoms with Gasteiger partial charge in [-0.15, -0.1) is 0 Å². The zero-order valence-electron chi connectivity index (χ0n) is 19.8. The van der Waals surface area contributed by atoms with Gasteiger partial charge in [0.25, 0.3) is 0 Å². The van der Waals surface area contributed by atoms with Crippen LogP contribution in [-0.2, 0) is 6.42 Å². The monoisotopic (exact) mass is 437 g/mol. The first-order valence-corrected chi connectivity index (χ1v) is 11.6. The molecule has 0 saturated carbocycles. The lowest BCUT2D eigenvalue weighted by molar-refractivity contribution is 0.354. The summed E-state index contributed by atoms with van der Waals surface area (Å²) in [6.45, 7) is 15.3. The molecule has 0 saturated heterocycles. The van der Waals surface area contributed by atoms with E-state index in [-0.39, 0.29) is 7.43 Å². The summed E-state index contributed by atoms with van der Waals surface area (Å²) in [6.07, 6.45) is 4.64. The third-order valence-corrected chi connectivity index (χ3v) is 4.58. The van der Waals surface area contributed by atoms with E-state index in [1.54, 1.807) is 26.0 Å². The molecule has 5 nitrogen and oxygen atoms in total. The summed E-state index contributed by atoms with van der Waals surface area (Å²) < 4.78 is 10.9. The van der Waals surface area contributed by atoms with Crippen LogP contribution in [0.1, 0.15) is 78.5 Å². The topological polar surface area (TPSA) is 56.3 Å². The minimum atomic E-state index is 0. The van der Waals surface area contributed by atoms with E-state index in [4.69, 9.17) is 9.47 Å². The maximum absolute atomic E-state index is 5.49. The van der Waals surface area contributed by atoms with Gasteiger partial charge in [0.05, 0.1) is 14.2 Å². The Kier molecular flexibility index (Phi) is 16.9. The summed E-state index contributed by atoms with van der Waals surface area (Å²) in [5.74, 6) is 2.78. The predicted octanol–water partition coefficient (Wildman–Crippen LogP) is 7.05. The molecule has 0 atom stereocenters. The van der Waals surface area contributed by atoms with E-state index in [2.05, 4.69) is 48.2 Å². The Hall–Kier alpha value is -1.95. The van der Waals surface area contributed by atoms with E-state index in [9.17, 15) is 0 Å². The van der Waals surface area contributed by atoms with Crippen LogP contribution in [0.4, 0.5) is 5.82 Å². The predicted molar refractivity (Wildman–Crippen MR) is 134 cm³/mol. The molecular weight excluding hydrogens is 394 g/mol. The quantitative estimate of drug-likeness (QED) is 0.353. The third-order valence-electron chi connectivity index (χ3n) is 4.02. The summed E-state index contributed by atoms with van der Waals surface area (Å²) in [4.78, 5) is 9.06. The molecule has 30 heavy (non-hydrogen) atoms. The van der Waals surface area contributed by atoms with E-state index in [1.165, 1.54) is 11.1 Å². The van der Waals surface area contributed by atoms with E-state index in [1.807, 2.05) is 40.1 Å². The van der Waals surface area contributed by atoms with Crippen LogP contribution in [0, 0.1) is 0 Å². The van der Waals surface area contributed by atoms with Crippen molar-refractivity contribution in [2.45, 2.75) is 73.4 Å². The second-order valence-corrected chi connectivity index (χ2v) is 6.77. The standard InChI is InChI=1S/C19H27N3O2S.2C2H6.CH4/c1-7-20-18-14(11-21-19(22-18)25-6)8-13-9-16(23-4)17(24-5)10-15(13)12(2)3;2*1-2;/h9-12H,7-8H2,1-6H3,(H,20,21,22);2*1-2H3;1H4. The average Bonchev–Trinajstić information content (AvgIpc) is 2.77. The molecule has 1 N–H and O–H groups in total. The van der Waals surface area contributed by atoms with Gasteiger partial charge in [0, 0.05) is 24.7 Å². The normalized spacial score (nSPS) is 9.43. The number of nitrogens with one attached hydrogen (secondary N) is 1. The molecule has 0 aliphatic rings. The number of thioether (sulfide) groups is 1. The fourth-order valence-electron chi connectivity index (χ4n) is 2.77. The molecule has 0 fully saturated rings. The Bertz CT molecular complexity index is 722. The van der Waals surface area contributed by atoms with Crippen LogP contribution in [0.5, 0.6) is 11.5 Å². The van der Waals surface area contributed by atoms with E-state index in [0.29, 0.717) is 5.92 Å². The van der Waals surface area contributed by atoms with Crippen LogP contribution in [0.25, 0.3) is 0 Å². The molecular formula is C24H43N3O2S. The first-order valence-electron chi connectivity index (χ1n) is 10.4. The Morgan fingerprint density at radius 3 is 2.03 bits per heavy atom. The van der Waals surface area contributed by atoms with Crippen molar-refractivity contribution < 1.29 is 9.47 Å². The smallest absolute Gasteiger partial charge is 0.189 e. The van der Waals surface area contributed by atoms with Gasteiger partial charge < -0.3 is 14.8 Å². The molecule has 0 spiro atoms. The van der Waals surface area contributed by atoms with Crippen molar-refractivity contribution in [1.82, 2.24) is 9.97 Å². The maximum atomic E-state index is 5.49. The molecule has 0 unspecified atom stereocenters. The molecule has 2 rings (SSSR count). The van der Waals surface area contributed by atoms with Crippen LogP contribution < -0.4 is 14.8 Å². The number of ether oxygens (including phenoxy) is 2. The van der Waals surface area contributed by atoms with E-state index < -0.39 is 0 Å². The fourth-order valence-corrected chi connectivity index (χ4v) is 3.11. The first kappa shape index (κ1) is 30.2. The number of nitrogens with zero attached hydrogens (tertiary/aromatic N) is 2. The van der Waals surface area contributed by atoms with Crippen molar-refractivity contribution in [2.75, 3.05) is 32.3 Å². The van der Waals surface area contributed by atoms with Gasteiger partial charge in [0.15, 0.2) is 16.7 Å². The molecule has 1 heterocycles. The molecule has 0 amide bonds. The van der Waals surface area contributed by atoms with Crippen LogP contribution >= 0.6 is 11.8 Å². The summed E-state index contributed by atoms with van der Waals surface area (Å²) in [6, 6.07) is 4.13. The molecule has 0 bridgehead atoms. The number of hydrogen-bond donors (Lipinski definition) is 1. The summed E-state index contributed by atoms with van der Waals surface area (Å²) >= 11 is 1.54. The van der Waals surface area contributed by atoms with Gasteiger partial charge in [-0.25, -0.2) is 9.97 Å². The van der Waals surface area contributed by atoms with Gasteiger partial charge >= 0.3 is 0 Å². The van der Waals surface area contributed by atoms with Gasteiger partial charge in [-0.3, -0.25) is 0 Å². The Labute approximate surface area is 189 Å². The number of hydrogen-bond acceptors (Lipinski definition) is 6. The highest BCUT2D eigenvalue weighted by Gasteiger charge is 2.16. The van der Waals surface area contributed by atoms with Crippen LogP contribution in [-0.4, -0.2) is 37.0 Å². The number of anilines is 1. The van der Waals surface area contributed by atoms with Crippen molar-refractivity contribution in [3.8, 4) is 11.5 Å². The lowest BCUT2D eigenvalue weighted by Crippen LogP contribution is -2.08. The minimum absolute atomic E-state index is 0. The van der Waals surface area contributed by atoms with Gasteiger partial charge in [0.2, 0.25) is 0 Å². The van der Waals surface area contributed by atoms with Gasteiger partial charge in [0.1, 0.15) is 5.82 Å². The highest BCUT2D eigenvalue weighted by atomic mass is 32.2. The number of rotatable bonds is 8. The molecule has 1 aromatic heterocycles. The van der Waals surface area contributed by atoms with Gasteiger partial charge in [-0.2, -0.15) is 0 Å². The Balaban J connectivity index is 0. The van der Waals surface area contributed by atoms with Crippen LogP contribution in [0.3, 0.4) is 0 Å². The minimum Gasteiger partial charge on any atom is -0.493 e. The van der Waals surface area contributed by atoms with Crippen molar-refractivity contribution in [3.05, 3.63) is 35.0 Å². The Morgan fingerprint density at radius 2 is 1.57 bits per heavy atom. The first-order chi connectivity index (χ1) is 14.0. The largest absolute Gasteiger partial charge is 0.493 e. The molecule has 0 aliphatic heterocycles. The third kappa shape index (κ3) is 8.42. The zero-order chi connectivity index (χ0) is 22.4. The zero-order valence-corrected chi connectivity index (χ0v) is 20.7. The Morgan fingerprint density at radius 1 is 1.00 bits per heavy atom. The molecule has 172 valence electrons. The van der Waals surface area contributed by atoms with Gasteiger partial charge in [-0.1, -0.05) is 60.7 Å². The van der Waals surface area contributed by atoms with Crippen molar-refractivity contribution in [3.63, 3.8) is 0 Å². The van der Waals surface area contributed by atoms with Crippen molar-refractivity contribution in [1.29, 1.82) is 0 Å². The van der Waals surface area contributed by atoms with Crippen molar-refractivity contribution >= 4 is 17.6 Å². The number of methoxy groups -OCH3 is 2. The molecule has 0 aliphatic carbocycles. The van der Waals surface area contributed by atoms with Crippen molar-refractivity contribution in [2.24, 2.45) is 0 Å². The lowest BCUT2D eigenvalue weighted by atomic mass is 9.92. The second kappa shape index (κ2) is 16.8. The maximum Gasteiger partial charge on any atom is 0.189 e. The summed E-state index contributed by atoms with van der Waals surface area (Å²) in [5, 5.41) is 4.12. The van der Waals surface area contributed by atoms with Gasteiger partial charge in [-0.05, 0) is 42.4 Å². The highest BCUT2D eigenvalue weighted by molar-refractivity contribution is 7.98. The van der Waals surface area contributed by atoms with Crippen LogP contribution in [0.15, 0.2) is 23.5 Å². The molecule has 6 heteroatoms. The molecule has 0 radical (unpaired) electrons. The fraction of sp³-hybridized carbons (Fsp3) is 0.583. The number of aromatic nitrogens is 2. The molecule has 2 aromatic rings. The summed E-state index contributed by atoms with van der Waals surface area (Å²) in [7, 11) is 3.33. The highest BCUT2D eigenvalue weighted by Crippen LogP contribution is 2.35. The lowest BCUT2D eigenvalue weighted by Gasteiger charge is -2.18. The SMILES string of the molecule is C.CC.CC.CCNc1nc(SC)ncc1Cc1cc(OC)c(OC)cc1C(C)C.